The molecule has 0 saturated heterocycles. The lowest BCUT2D eigenvalue weighted by Gasteiger charge is -2.15. The molecule has 1 N–H and O–H groups in total. The van der Waals surface area contributed by atoms with Crippen LogP contribution < -0.4 is 5.32 Å². The standard InChI is InChI=1S/C22H22N2O3S/c1-22(2,3)20(26)27-13-19(25)24-21-23-18(14-28-21)17-11-9-16(10-12-17)15-7-5-4-6-8-15/h4-12,14H,13H2,1-3H3,(H,23,24,25). The van der Waals surface area contributed by atoms with Crippen LogP contribution in [0.2, 0.25) is 0 Å². The van der Waals surface area contributed by atoms with Gasteiger partial charge in [0.2, 0.25) is 0 Å². The summed E-state index contributed by atoms with van der Waals surface area (Å²) in [6, 6.07) is 18.3. The molecule has 0 spiro atoms. The topological polar surface area (TPSA) is 68.3 Å². The van der Waals surface area contributed by atoms with Crippen LogP contribution in [0.15, 0.2) is 60.0 Å². The second-order valence-corrected chi connectivity index (χ2v) is 8.21. The molecule has 0 bridgehead atoms. The Balaban J connectivity index is 1.61. The highest BCUT2D eigenvalue weighted by atomic mass is 32.1. The van der Waals surface area contributed by atoms with Gasteiger partial charge in [-0.05, 0) is 31.9 Å². The van der Waals surface area contributed by atoms with Crippen molar-refractivity contribution >= 4 is 28.3 Å². The molecule has 0 fully saturated rings. The van der Waals surface area contributed by atoms with E-state index in [0.29, 0.717) is 5.13 Å². The zero-order valence-corrected chi connectivity index (χ0v) is 16.9. The Morgan fingerprint density at radius 3 is 2.21 bits per heavy atom. The predicted molar refractivity (Wildman–Crippen MR) is 112 cm³/mol. The fourth-order valence-electron chi connectivity index (χ4n) is 2.43. The van der Waals surface area contributed by atoms with Gasteiger partial charge in [0.05, 0.1) is 11.1 Å². The molecule has 0 radical (unpaired) electrons. The fourth-order valence-corrected chi connectivity index (χ4v) is 3.17. The van der Waals surface area contributed by atoms with Crippen LogP contribution in [-0.4, -0.2) is 23.5 Å². The number of carbonyl (C=O) groups excluding carboxylic acids is 2. The summed E-state index contributed by atoms with van der Waals surface area (Å²) in [6.45, 7) is 4.90. The van der Waals surface area contributed by atoms with Gasteiger partial charge in [0, 0.05) is 10.9 Å². The van der Waals surface area contributed by atoms with Crippen molar-refractivity contribution in [1.82, 2.24) is 4.98 Å². The molecule has 0 aliphatic rings. The molecule has 6 heteroatoms. The number of aromatic nitrogens is 1. The van der Waals surface area contributed by atoms with E-state index in [1.54, 1.807) is 20.8 Å². The van der Waals surface area contributed by atoms with E-state index in [1.807, 2.05) is 47.8 Å². The molecule has 3 aromatic rings. The number of hydrogen-bond donors (Lipinski definition) is 1. The monoisotopic (exact) mass is 394 g/mol. The number of rotatable bonds is 5. The first-order valence-corrected chi connectivity index (χ1v) is 9.79. The molecule has 0 unspecified atom stereocenters. The Hall–Kier alpha value is -2.99. The summed E-state index contributed by atoms with van der Waals surface area (Å²) < 4.78 is 5.01. The van der Waals surface area contributed by atoms with Crippen molar-refractivity contribution in [3.63, 3.8) is 0 Å². The lowest BCUT2D eigenvalue weighted by molar-refractivity contribution is -0.155. The van der Waals surface area contributed by atoms with E-state index in [0.717, 1.165) is 22.4 Å². The number of amides is 1. The van der Waals surface area contributed by atoms with E-state index in [4.69, 9.17) is 4.74 Å². The third kappa shape index (κ3) is 5.04. The number of nitrogens with zero attached hydrogens (tertiary/aromatic N) is 1. The Morgan fingerprint density at radius 2 is 1.57 bits per heavy atom. The smallest absolute Gasteiger partial charge is 0.311 e. The van der Waals surface area contributed by atoms with Crippen LogP contribution in [0, 0.1) is 5.41 Å². The molecular formula is C22H22N2O3S. The molecule has 1 aromatic heterocycles. The highest BCUT2D eigenvalue weighted by molar-refractivity contribution is 7.14. The van der Waals surface area contributed by atoms with Crippen LogP contribution in [0.4, 0.5) is 5.13 Å². The zero-order valence-electron chi connectivity index (χ0n) is 16.1. The summed E-state index contributed by atoms with van der Waals surface area (Å²) in [5.74, 6) is -0.820. The molecule has 3 rings (SSSR count). The van der Waals surface area contributed by atoms with Crippen molar-refractivity contribution in [3.8, 4) is 22.4 Å². The number of thiazole rings is 1. The molecule has 0 saturated carbocycles. The van der Waals surface area contributed by atoms with Crippen molar-refractivity contribution < 1.29 is 14.3 Å². The zero-order chi connectivity index (χ0) is 20.1. The predicted octanol–water partition coefficient (Wildman–Crippen LogP) is 5.00. The van der Waals surface area contributed by atoms with Gasteiger partial charge in [-0.25, -0.2) is 4.98 Å². The Labute approximate surface area is 168 Å². The molecule has 0 aliphatic heterocycles. The van der Waals surface area contributed by atoms with E-state index in [9.17, 15) is 9.59 Å². The minimum atomic E-state index is -0.638. The van der Waals surface area contributed by atoms with Crippen molar-refractivity contribution in [2.75, 3.05) is 11.9 Å². The maximum absolute atomic E-state index is 12.0. The molecule has 0 atom stereocenters. The van der Waals surface area contributed by atoms with Crippen LogP contribution in [0.3, 0.4) is 0 Å². The fraction of sp³-hybridized carbons (Fsp3) is 0.227. The SMILES string of the molecule is CC(C)(C)C(=O)OCC(=O)Nc1nc(-c2ccc(-c3ccccc3)cc2)cs1. The number of ether oxygens (including phenoxy) is 1. The molecule has 144 valence electrons. The van der Waals surface area contributed by atoms with Gasteiger partial charge in [-0.3, -0.25) is 14.9 Å². The van der Waals surface area contributed by atoms with Crippen molar-refractivity contribution in [3.05, 3.63) is 60.0 Å². The van der Waals surface area contributed by atoms with Crippen LogP contribution >= 0.6 is 11.3 Å². The Kier molecular flexibility index (Phi) is 5.90. The van der Waals surface area contributed by atoms with Crippen LogP contribution in [0.25, 0.3) is 22.4 Å². The first-order chi connectivity index (χ1) is 13.3. The second-order valence-electron chi connectivity index (χ2n) is 7.36. The van der Waals surface area contributed by atoms with Crippen molar-refractivity contribution in [2.45, 2.75) is 20.8 Å². The molecule has 1 amide bonds. The van der Waals surface area contributed by atoms with E-state index in [2.05, 4.69) is 22.4 Å². The summed E-state index contributed by atoms with van der Waals surface area (Å²) in [7, 11) is 0. The number of hydrogen-bond acceptors (Lipinski definition) is 5. The van der Waals surface area contributed by atoms with Crippen LogP contribution in [0.5, 0.6) is 0 Å². The van der Waals surface area contributed by atoms with E-state index in [-0.39, 0.29) is 6.61 Å². The van der Waals surface area contributed by atoms with Crippen LogP contribution in [-0.2, 0) is 14.3 Å². The largest absolute Gasteiger partial charge is 0.455 e. The highest BCUT2D eigenvalue weighted by Crippen LogP contribution is 2.27. The number of carbonyl (C=O) groups is 2. The third-order valence-corrected chi connectivity index (χ3v) is 4.74. The van der Waals surface area contributed by atoms with Crippen molar-refractivity contribution in [2.24, 2.45) is 5.41 Å². The van der Waals surface area contributed by atoms with E-state index in [1.165, 1.54) is 11.3 Å². The second kappa shape index (κ2) is 8.35. The quantitative estimate of drug-likeness (QED) is 0.618. The minimum absolute atomic E-state index is 0.323. The van der Waals surface area contributed by atoms with Gasteiger partial charge in [-0.15, -0.1) is 11.3 Å². The van der Waals surface area contributed by atoms with Crippen LogP contribution in [0.1, 0.15) is 20.8 Å². The third-order valence-electron chi connectivity index (χ3n) is 3.99. The number of esters is 1. The molecule has 2 aromatic carbocycles. The lowest BCUT2D eigenvalue weighted by atomic mass is 9.97. The van der Waals surface area contributed by atoms with Crippen molar-refractivity contribution in [1.29, 1.82) is 0 Å². The van der Waals surface area contributed by atoms with Gasteiger partial charge < -0.3 is 4.74 Å². The Morgan fingerprint density at radius 1 is 0.964 bits per heavy atom. The lowest BCUT2D eigenvalue weighted by Crippen LogP contribution is -2.27. The molecule has 5 nitrogen and oxygen atoms in total. The van der Waals surface area contributed by atoms with Gasteiger partial charge in [-0.2, -0.15) is 0 Å². The average molecular weight is 394 g/mol. The maximum Gasteiger partial charge on any atom is 0.311 e. The molecular weight excluding hydrogens is 372 g/mol. The van der Waals surface area contributed by atoms with Gasteiger partial charge >= 0.3 is 5.97 Å². The average Bonchev–Trinajstić information content (AvgIpc) is 3.14. The number of nitrogens with one attached hydrogen (secondary N) is 1. The molecule has 1 heterocycles. The summed E-state index contributed by atoms with van der Waals surface area (Å²) in [4.78, 5) is 28.1. The summed E-state index contributed by atoms with van der Waals surface area (Å²) in [5, 5.41) is 5.02. The minimum Gasteiger partial charge on any atom is -0.455 e. The highest BCUT2D eigenvalue weighted by Gasteiger charge is 2.23. The first kappa shape index (κ1) is 19.8. The number of benzene rings is 2. The molecule has 28 heavy (non-hydrogen) atoms. The molecule has 0 aliphatic carbocycles. The summed E-state index contributed by atoms with van der Waals surface area (Å²) >= 11 is 1.33. The summed E-state index contributed by atoms with van der Waals surface area (Å²) in [5.41, 5.74) is 3.40. The normalized spacial score (nSPS) is 11.1. The van der Waals surface area contributed by atoms with Gasteiger partial charge in [0.1, 0.15) is 0 Å². The van der Waals surface area contributed by atoms with Gasteiger partial charge in [0.15, 0.2) is 11.7 Å². The van der Waals surface area contributed by atoms with Gasteiger partial charge in [-0.1, -0.05) is 54.6 Å². The number of anilines is 1. The maximum atomic E-state index is 12.0. The van der Waals surface area contributed by atoms with Gasteiger partial charge in [0.25, 0.3) is 5.91 Å². The first-order valence-electron chi connectivity index (χ1n) is 8.91. The summed E-state index contributed by atoms with van der Waals surface area (Å²) in [6.07, 6.45) is 0. The van der Waals surface area contributed by atoms with E-state index < -0.39 is 17.3 Å². The Bertz CT molecular complexity index is 957. The van der Waals surface area contributed by atoms with E-state index >= 15 is 0 Å².